The number of methoxy groups -OCH3 is 1. The van der Waals surface area contributed by atoms with Crippen molar-refractivity contribution in [2.45, 2.75) is 25.1 Å². The summed E-state index contributed by atoms with van der Waals surface area (Å²) in [6, 6.07) is 5.00. The van der Waals surface area contributed by atoms with Gasteiger partial charge in [-0.3, -0.25) is 4.99 Å². The molecular weight excluding hydrogens is 428 g/mol. The summed E-state index contributed by atoms with van der Waals surface area (Å²) >= 11 is 1.98. The zero-order valence-electron chi connectivity index (χ0n) is 14.1. The van der Waals surface area contributed by atoms with Crippen molar-refractivity contribution in [1.29, 1.82) is 0 Å². The number of hydrogen-bond acceptors (Lipinski definition) is 3. The van der Waals surface area contributed by atoms with E-state index in [1.807, 2.05) is 17.8 Å². The largest absolute Gasteiger partial charge is 0.494 e. The van der Waals surface area contributed by atoms with E-state index in [9.17, 15) is 4.39 Å². The molecule has 7 heteroatoms. The lowest BCUT2D eigenvalue weighted by Gasteiger charge is -2.39. The van der Waals surface area contributed by atoms with Gasteiger partial charge in [-0.05, 0) is 31.5 Å². The van der Waals surface area contributed by atoms with Gasteiger partial charge in [-0.1, -0.05) is 6.07 Å². The molecule has 0 saturated carbocycles. The molecule has 1 heterocycles. The number of hydrogen-bond donors (Lipinski definition) is 1. The van der Waals surface area contributed by atoms with Crippen molar-refractivity contribution in [3.63, 3.8) is 0 Å². The molecule has 1 aromatic rings. The Morgan fingerprint density at radius 2 is 2.22 bits per heavy atom. The van der Waals surface area contributed by atoms with Crippen molar-refractivity contribution in [3.8, 4) is 5.75 Å². The van der Waals surface area contributed by atoms with E-state index in [1.165, 1.54) is 13.2 Å². The van der Waals surface area contributed by atoms with Crippen LogP contribution < -0.4 is 10.1 Å². The van der Waals surface area contributed by atoms with Gasteiger partial charge in [-0.2, -0.15) is 11.8 Å². The van der Waals surface area contributed by atoms with E-state index in [0.717, 1.165) is 30.4 Å². The molecule has 2 rings (SSSR count). The van der Waals surface area contributed by atoms with Crippen molar-refractivity contribution in [2.75, 3.05) is 33.0 Å². The second kappa shape index (κ2) is 8.96. The van der Waals surface area contributed by atoms with Crippen molar-refractivity contribution in [2.24, 2.45) is 4.99 Å². The van der Waals surface area contributed by atoms with Crippen molar-refractivity contribution in [1.82, 2.24) is 10.2 Å². The third-order valence-corrected chi connectivity index (χ3v) is 4.90. The van der Waals surface area contributed by atoms with Crippen LogP contribution >= 0.6 is 35.7 Å². The molecule has 0 bridgehead atoms. The molecule has 0 radical (unpaired) electrons. The average Bonchev–Trinajstić information content (AvgIpc) is 2.47. The summed E-state index contributed by atoms with van der Waals surface area (Å²) in [6.07, 6.45) is 0. The Balaban J connectivity index is 0.00000264. The molecular formula is C16H25FIN3OS. The summed E-state index contributed by atoms with van der Waals surface area (Å²) in [5, 5.41) is 3.32. The molecule has 1 saturated heterocycles. The average molecular weight is 453 g/mol. The standard InChI is InChI=1S/C16H24FN3OS.HI/c1-16(2)11-20(7-8-22-16)15(18-3)19-10-12-5-6-14(21-4)13(17)9-12;/h5-6,9H,7-8,10-11H2,1-4H3,(H,18,19);1H. The predicted octanol–water partition coefficient (Wildman–Crippen LogP) is 3.36. The van der Waals surface area contributed by atoms with Gasteiger partial charge in [0.15, 0.2) is 17.5 Å². The molecule has 130 valence electrons. The maximum Gasteiger partial charge on any atom is 0.193 e. The van der Waals surface area contributed by atoms with Crippen LogP contribution in [-0.4, -0.2) is 48.6 Å². The van der Waals surface area contributed by atoms with Crippen LogP contribution in [-0.2, 0) is 6.54 Å². The van der Waals surface area contributed by atoms with Gasteiger partial charge >= 0.3 is 0 Å². The fraction of sp³-hybridized carbons (Fsp3) is 0.562. The predicted molar refractivity (Wildman–Crippen MR) is 107 cm³/mol. The molecule has 0 aliphatic carbocycles. The Morgan fingerprint density at radius 1 is 1.48 bits per heavy atom. The lowest BCUT2D eigenvalue weighted by atomic mass is 10.2. The number of nitrogens with one attached hydrogen (secondary N) is 1. The van der Waals surface area contributed by atoms with Gasteiger partial charge in [-0.15, -0.1) is 24.0 Å². The Kier molecular flexibility index (Phi) is 7.93. The minimum atomic E-state index is -0.340. The summed E-state index contributed by atoms with van der Waals surface area (Å²) in [5.74, 6) is 1.88. The van der Waals surface area contributed by atoms with Gasteiger partial charge in [0.2, 0.25) is 0 Å². The maximum absolute atomic E-state index is 13.7. The van der Waals surface area contributed by atoms with Crippen LogP contribution in [0.1, 0.15) is 19.4 Å². The van der Waals surface area contributed by atoms with E-state index >= 15 is 0 Å². The lowest BCUT2D eigenvalue weighted by molar-refractivity contribution is 0.375. The number of ether oxygens (including phenoxy) is 1. The number of benzene rings is 1. The van der Waals surface area contributed by atoms with Crippen LogP contribution in [0.25, 0.3) is 0 Å². The SMILES string of the molecule is CN=C(NCc1ccc(OC)c(F)c1)N1CCSC(C)(C)C1.I. The highest BCUT2D eigenvalue weighted by atomic mass is 127. The second-order valence-electron chi connectivity index (χ2n) is 5.90. The lowest BCUT2D eigenvalue weighted by Crippen LogP contribution is -2.50. The maximum atomic E-state index is 13.7. The van der Waals surface area contributed by atoms with E-state index in [2.05, 4.69) is 29.1 Å². The highest BCUT2D eigenvalue weighted by Crippen LogP contribution is 2.29. The molecule has 1 aliphatic heterocycles. The third kappa shape index (κ3) is 5.70. The summed E-state index contributed by atoms with van der Waals surface area (Å²) in [5.41, 5.74) is 0.866. The number of rotatable bonds is 3. The minimum absolute atomic E-state index is 0. The van der Waals surface area contributed by atoms with Gasteiger partial charge in [0, 0.05) is 37.2 Å². The first-order valence-corrected chi connectivity index (χ1v) is 8.36. The van der Waals surface area contributed by atoms with Gasteiger partial charge in [0.25, 0.3) is 0 Å². The van der Waals surface area contributed by atoms with Crippen molar-refractivity contribution < 1.29 is 9.13 Å². The van der Waals surface area contributed by atoms with Crippen LogP contribution in [0.15, 0.2) is 23.2 Å². The summed E-state index contributed by atoms with van der Waals surface area (Å²) in [7, 11) is 3.25. The second-order valence-corrected chi connectivity index (χ2v) is 7.70. The van der Waals surface area contributed by atoms with Crippen LogP contribution in [0.4, 0.5) is 4.39 Å². The first kappa shape index (κ1) is 20.3. The highest BCUT2D eigenvalue weighted by Gasteiger charge is 2.28. The smallest absolute Gasteiger partial charge is 0.193 e. The Bertz CT molecular complexity index is 554. The zero-order valence-corrected chi connectivity index (χ0v) is 17.2. The zero-order chi connectivity index (χ0) is 16.2. The molecule has 0 atom stereocenters. The fourth-order valence-corrected chi connectivity index (χ4v) is 3.64. The Hall–Kier alpha value is -0.700. The van der Waals surface area contributed by atoms with E-state index in [4.69, 9.17) is 4.74 Å². The Morgan fingerprint density at radius 3 is 2.78 bits per heavy atom. The van der Waals surface area contributed by atoms with E-state index in [-0.39, 0.29) is 40.3 Å². The van der Waals surface area contributed by atoms with Crippen LogP contribution in [0, 0.1) is 5.82 Å². The Labute approximate surface area is 159 Å². The normalized spacial score (nSPS) is 17.4. The van der Waals surface area contributed by atoms with Gasteiger partial charge in [-0.25, -0.2) is 4.39 Å². The number of halogens is 2. The third-order valence-electron chi connectivity index (χ3n) is 3.60. The van der Waals surface area contributed by atoms with E-state index < -0.39 is 0 Å². The van der Waals surface area contributed by atoms with Crippen LogP contribution in [0.2, 0.25) is 0 Å². The summed E-state index contributed by atoms with van der Waals surface area (Å²) < 4.78 is 18.9. The van der Waals surface area contributed by atoms with Gasteiger partial charge < -0.3 is 15.0 Å². The van der Waals surface area contributed by atoms with Crippen LogP contribution in [0.5, 0.6) is 5.75 Å². The molecule has 1 N–H and O–H groups in total. The highest BCUT2D eigenvalue weighted by molar-refractivity contribution is 14.0. The molecule has 0 amide bonds. The molecule has 0 aromatic heterocycles. The topological polar surface area (TPSA) is 36.9 Å². The minimum Gasteiger partial charge on any atom is -0.494 e. The molecule has 0 spiro atoms. The monoisotopic (exact) mass is 453 g/mol. The van der Waals surface area contributed by atoms with E-state index in [0.29, 0.717) is 6.54 Å². The first-order chi connectivity index (χ1) is 10.4. The number of nitrogens with zero attached hydrogens (tertiary/aromatic N) is 2. The number of aliphatic imine (C=N–C) groups is 1. The van der Waals surface area contributed by atoms with Crippen LogP contribution in [0.3, 0.4) is 0 Å². The molecule has 1 fully saturated rings. The fourth-order valence-electron chi connectivity index (χ4n) is 2.53. The number of guanidine groups is 1. The summed E-state index contributed by atoms with van der Waals surface area (Å²) in [6.45, 7) is 6.96. The molecule has 0 unspecified atom stereocenters. The molecule has 23 heavy (non-hydrogen) atoms. The molecule has 1 aromatic carbocycles. The summed E-state index contributed by atoms with van der Waals surface area (Å²) in [4.78, 5) is 6.61. The molecule has 1 aliphatic rings. The molecule has 4 nitrogen and oxygen atoms in total. The van der Waals surface area contributed by atoms with Gasteiger partial charge in [0.05, 0.1) is 7.11 Å². The quantitative estimate of drug-likeness (QED) is 0.433. The first-order valence-electron chi connectivity index (χ1n) is 7.37. The van der Waals surface area contributed by atoms with Crippen molar-refractivity contribution in [3.05, 3.63) is 29.6 Å². The van der Waals surface area contributed by atoms with E-state index in [1.54, 1.807) is 13.1 Å². The van der Waals surface area contributed by atoms with Gasteiger partial charge in [0.1, 0.15) is 0 Å². The number of thioether (sulfide) groups is 1. The van der Waals surface area contributed by atoms with Crippen molar-refractivity contribution >= 4 is 41.7 Å².